The van der Waals surface area contributed by atoms with Crippen LogP contribution in [0.1, 0.15) is 39.4 Å². The van der Waals surface area contributed by atoms with Crippen molar-refractivity contribution >= 4 is 17.8 Å². The first-order valence-corrected chi connectivity index (χ1v) is 12.0. The zero-order valence-electron chi connectivity index (χ0n) is 21.0. The maximum absolute atomic E-state index is 13.4. The van der Waals surface area contributed by atoms with Gasteiger partial charge in [0.15, 0.2) is 28.8 Å². The van der Waals surface area contributed by atoms with E-state index in [1.165, 1.54) is 21.3 Å². The number of carbonyl (C=O) groups is 2. The number of esters is 1. The highest BCUT2D eigenvalue weighted by molar-refractivity contribution is 6.15. The summed E-state index contributed by atoms with van der Waals surface area (Å²) in [6.07, 6.45) is 1.68. The van der Waals surface area contributed by atoms with Gasteiger partial charge in [-0.05, 0) is 42.0 Å². The molecule has 0 bridgehead atoms. The Bertz CT molecular complexity index is 1500. The highest BCUT2D eigenvalue weighted by Crippen LogP contribution is 2.53. The van der Waals surface area contributed by atoms with E-state index in [9.17, 15) is 9.59 Å². The standard InChI is InChI=1S/C29H24O9/c1-32-21-9-5-16(28(33-2)29(21)34-3)18-14-24(30)37-20-8-6-17-26(31)23(38-27(17)25(18)20)13-15-4-7-19-22(12-15)36-11-10-35-19/h4-9,12-13,18H,10-11,14H2,1-3H3/b23-13-/t18-/m1/s1. The molecule has 3 aromatic carbocycles. The summed E-state index contributed by atoms with van der Waals surface area (Å²) in [5.41, 5.74) is 2.38. The predicted molar refractivity (Wildman–Crippen MR) is 135 cm³/mol. The Labute approximate surface area is 218 Å². The van der Waals surface area contributed by atoms with E-state index >= 15 is 0 Å². The summed E-state index contributed by atoms with van der Waals surface area (Å²) in [6, 6.07) is 12.2. The molecule has 0 spiro atoms. The molecule has 3 heterocycles. The van der Waals surface area contributed by atoms with Crippen molar-refractivity contribution in [1.82, 2.24) is 0 Å². The van der Waals surface area contributed by atoms with Crippen LogP contribution in [-0.2, 0) is 4.79 Å². The lowest BCUT2D eigenvalue weighted by molar-refractivity contribution is -0.135. The monoisotopic (exact) mass is 516 g/mol. The summed E-state index contributed by atoms with van der Waals surface area (Å²) in [5.74, 6) is 2.22. The molecule has 6 rings (SSSR count). The second-order valence-corrected chi connectivity index (χ2v) is 8.85. The first kappa shape index (κ1) is 23.7. The van der Waals surface area contributed by atoms with Crippen molar-refractivity contribution in [3.63, 3.8) is 0 Å². The summed E-state index contributed by atoms with van der Waals surface area (Å²) >= 11 is 0. The van der Waals surface area contributed by atoms with E-state index in [-0.39, 0.29) is 18.0 Å². The van der Waals surface area contributed by atoms with Gasteiger partial charge in [-0.3, -0.25) is 9.59 Å². The van der Waals surface area contributed by atoms with Crippen molar-refractivity contribution in [2.75, 3.05) is 34.5 Å². The van der Waals surface area contributed by atoms with Crippen LogP contribution in [-0.4, -0.2) is 46.3 Å². The van der Waals surface area contributed by atoms with Gasteiger partial charge in [0.25, 0.3) is 0 Å². The number of methoxy groups -OCH3 is 3. The van der Waals surface area contributed by atoms with Crippen LogP contribution in [0.3, 0.4) is 0 Å². The molecule has 0 amide bonds. The van der Waals surface area contributed by atoms with E-state index in [1.54, 1.807) is 36.4 Å². The molecule has 0 aliphatic carbocycles. The van der Waals surface area contributed by atoms with Crippen molar-refractivity contribution < 1.29 is 42.7 Å². The summed E-state index contributed by atoms with van der Waals surface area (Å²) in [7, 11) is 4.57. The molecule has 3 aromatic rings. The highest BCUT2D eigenvalue weighted by Gasteiger charge is 2.40. The molecular weight excluding hydrogens is 492 g/mol. The minimum absolute atomic E-state index is 0.0219. The van der Waals surface area contributed by atoms with Gasteiger partial charge in [-0.1, -0.05) is 12.1 Å². The third-order valence-corrected chi connectivity index (χ3v) is 6.75. The Balaban J connectivity index is 1.44. The van der Waals surface area contributed by atoms with Gasteiger partial charge >= 0.3 is 5.97 Å². The molecule has 194 valence electrons. The second-order valence-electron chi connectivity index (χ2n) is 8.85. The van der Waals surface area contributed by atoms with Crippen molar-refractivity contribution in [3.8, 4) is 40.2 Å². The van der Waals surface area contributed by atoms with Gasteiger partial charge in [-0.25, -0.2) is 0 Å². The van der Waals surface area contributed by atoms with Crippen LogP contribution in [0.25, 0.3) is 6.08 Å². The Morgan fingerprint density at radius 1 is 0.816 bits per heavy atom. The van der Waals surface area contributed by atoms with Crippen LogP contribution in [0.15, 0.2) is 48.2 Å². The molecule has 3 aliphatic rings. The summed E-state index contributed by atoms with van der Waals surface area (Å²) in [4.78, 5) is 26.0. The number of fused-ring (bicyclic) bond motifs is 4. The second kappa shape index (κ2) is 9.33. The van der Waals surface area contributed by atoms with Gasteiger partial charge < -0.3 is 33.2 Å². The maximum atomic E-state index is 13.4. The van der Waals surface area contributed by atoms with Crippen LogP contribution in [0.2, 0.25) is 0 Å². The van der Waals surface area contributed by atoms with E-state index < -0.39 is 11.9 Å². The Kier molecular flexibility index (Phi) is 5.83. The lowest BCUT2D eigenvalue weighted by atomic mass is 9.84. The Hall–Kier alpha value is -4.66. The van der Waals surface area contributed by atoms with Gasteiger partial charge in [-0.2, -0.15) is 0 Å². The lowest BCUT2D eigenvalue weighted by Gasteiger charge is -2.28. The fourth-order valence-corrected chi connectivity index (χ4v) is 5.07. The average molecular weight is 517 g/mol. The molecule has 38 heavy (non-hydrogen) atoms. The number of ether oxygens (including phenoxy) is 7. The smallest absolute Gasteiger partial charge is 0.312 e. The number of carbonyl (C=O) groups excluding carboxylic acids is 2. The van der Waals surface area contributed by atoms with E-state index in [4.69, 9.17) is 33.2 Å². The molecule has 0 saturated carbocycles. The number of benzene rings is 3. The average Bonchev–Trinajstić information content (AvgIpc) is 3.26. The number of ketones is 1. The highest BCUT2D eigenvalue weighted by atomic mass is 16.6. The normalized spacial score (nSPS) is 18.3. The molecule has 0 unspecified atom stereocenters. The van der Waals surface area contributed by atoms with Crippen molar-refractivity contribution in [1.29, 1.82) is 0 Å². The van der Waals surface area contributed by atoms with E-state index in [1.807, 2.05) is 12.1 Å². The summed E-state index contributed by atoms with van der Waals surface area (Å²) in [6.45, 7) is 0.950. The van der Waals surface area contributed by atoms with Crippen LogP contribution in [0.4, 0.5) is 0 Å². The molecular formula is C29H24O9. The molecule has 0 aromatic heterocycles. The third kappa shape index (κ3) is 3.78. The minimum Gasteiger partial charge on any atom is -0.493 e. The Morgan fingerprint density at radius 2 is 1.58 bits per heavy atom. The molecule has 3 aliphatic heterocycles. The molecule has 0 radical (unpaired) electrons. The van der Waals surface area contributed by atoms with Crippen molar-refractivity contribution in [2.45, 2.75) is 12.3 Å². The van der Waals surface area contributed by atoms with Crippen LogP contribution in [0.5, 0.6) is 40.2 Å². The number of hydrogen-bond acceptors (Lipinski definition) is 9. The van der Waals surface area contributed by atoms with Gasteiger partial charge in [0.05, 0.1) is 33.3 Å². The van der Waals surface area contributed by atoms with Crippen LogP contribution in [0, 0.1) is 0 Å². The SMILES string of the molecule is COc1ccc([C@H]2CC(=O)Oc3ccc4c(c32)O/C(=C\c2ccc3c(c2)OCCO3)C4=O)c(OC)c1OC. The quantitative estimate of drug-likeness (QED) is 0.275. The number of Topliss-reactive ketones (excluding diaryl/α,β-unsaturated/α-hetero) is 1. The van der Waals surface area contributed by atoms with Crippen LogP contribution >= 0.6 is 0 Å². The number of hydrogen-bond donors (Lipinski definition) is 0. The van der Waals surface area contributed by atoms with Gasteiger partial charge in [0.1, 0.15) is 24.7 Å². The number of rotatable bonds is 5. The zero-order valence-corrected chi connectivity index (χ0v) is 21.0. The molecule has 9 heteroatoms. The lowest BCUT2D eigenvalue weighted by Crippen LogP contribution is -2.22. The van der Waals surface area contributed by atoms with E-state index in [2.05, 4.69) is 0 Å². The molecule has 1 atom stereocenters. The molecule has 0 saturated heterocycles. The topological polar surface area (TPSA) is 98.8 Å². The van der Waals surface area contributed by atoms with Gasteiger partial charge in [-0.15, -0.1) is 0 Å². The first-order chi connectivity index (χ1) is 18.5. The first-order valence-electron chi connectivity index (χ1n) is 12.0. The molecule has 9 nitrogen and oxygen atoms in total. The van der Waals surface area contributed by atoms with Crippen LogP contribution < -0.4 is 33.2 Å². The third-order valence-electron chi connectivity index (χ3n) is 6.75. The molecule has 0 fully saturated rings. The molecule has 0 N–H and O–H groups in total. The fourth-order valence-electron chi connectivity index (χ4n) is 5.07. The summed E-state index contributed by atoms with van der Waals surface area (Å²) < 4.78 is 39.7. The van der Waals surface area contributed by atoms with E-state index in [0.29, 0.717) is 70.2 Å². The Morgan fingerprint density at radius 3 is 2.34 bits per heavy atom. The zero-order chi connectivity index (χ0) is 26.4. The van der Waals surface area contributed by atoms with Crippen molar-refractivity contribution in [3.05, 3.63) is 70.5 Å². The largest absolute Gasteiger partial charge is 0.493 e. The maximum Gasteiger partial charge on any atom is 0.312 e. The van der Waals surface area contributed by atoms with Crippen molar-refractivity contribution in [2.24, 2.45) is 0 Å². The minimum atomic E-state index is -0.516. The fraction of sp³-hybridized carbons (Fsp3) is 0.241. The predicted octanol–water partition coefficient (Wildman–Crippen LogP) is 4.54. The summed E-state index contributed by atoms with van der Waals surface area (Å²) in [5, 5.41) is 0. The van der Waals surface area contributed by atoms with E-state index in [0.717, 1.165) is 5.56 Å². The van der Waals surface area contributed by atoms with Gasteiger partial charge in [0, 0.05) is 17.0 Å². The van der Waals surface area contributed by atoms with Gasteiger partial charge in [0.2, 0.25) is 11.5 Å². The number of allylic oxidation sites excluding steroid dienone is 1.